The van der Waals surface area contributed by atoms with Crippen LogP contribution in [0.5, 0.6) is 0 Å². The molecule has 0 aliphatic rings. The van der Waals surface area contributed by atoms with Crippen LogP contribution in [0.15, 0.2) is 23.1 Å². The minimum atomic E-state index is 0.367. The predicted octanol–water partition coefficient (Wildman–Crippen LogP) is 3.18. The van der Waals surface area contributed by atoms with E-state index < -0.39 is 0 Å². The highest BCUT2D eigenvalue weighted by Crippen LogP contribution is 2.27. The van der Waals surface area contributed by atoms with Gasteiger partial charge in [-0.1, -0.05) is 6.92 Å². The van der Waals surface area contributed by atoms with Crippen LogP contribution in [0.25, 0.3) is 10.9 Å². The third kappa shape index (κ3) is 2.50. The molecular formula is C12H16BrN3O. The summed E-state index contributed by atoms with van der Waals surface area (Å²) in [6.07, 6.45) is 5.65. The van der Waals surface area contributed by atoms with Gasteiger partial charge in [0.1, 0.15) is 4.60 Å². The molecule has 2 rings (SSSR count). The Kier molecular flexibility index (Phi) is 4.12. The van der Waals surface area contributed by atoms with Crippen LogP contribution in [-0.2, 0) is 4.74 Å². The number of pyridine rings is 1. The number of ether oxygens (including phenoxy) is 1. The molecule has 0 saturated carbocycles. The Morgan fingerprint density at radius 3 is 3.06 bits per heavy atom. The van der Waals surface area contributed by atoms with Crippen molar-refractivity contribution in [1.29, 1.82) is 0 Å². The fraction of sp³-hybridized carbons (Fsp3) is 0.500. The average Bonchev–Trinajstić information content (AvgIpc) is 2.69. The van der Waals surface area contributed by atoms with Crippen LogP contribution in [0.3, 0.4) is 0 Å². The van der Waals surface area contributed by atoms with E-state index in [0.717, 1.165) is 35.0 Å². The van der Waals surface area contributed by atoms with Crippen LogP contribution in [0.1, 0.15) is 25.8 Å². The summed E-state index contributed by atoms with van der Waals surface area (Å²) in [5, 5.41) is 5.61. The van der Waals surface area contributed by atoms with Crippen LogP contribution in [0.2, 0.25) is 0 Å². The number of halogens is 1. The molecule has 0 N–H and O–H groups in total. The van der Waals surface area contributed by atoms with Crippen molar-refractivity contribution in [1.82, 2.24) is 14.8 Å². The van der Waals surface area contributed by atoms with Crippen molar-refractivity contribution in [3.8, 4) is 0 Å². The third-order valence-electron chi connectivity index (χ3n) is 2.93. The van der Waals surface area contributed by atoms with Gasteiger partial charge in [-0.05, 0) is 34.8 Å². The Morgan fingerprint density at radius 2 is 2.35 bits per heavy atom. The van der Waals surface area contributed by atoms with Gasteiger partial charge >= 0.3 is 0 Å². The quantitative estimate of drug-likeness (QED) is 0.851. The Morgan fingerprint density at radius 1 is 1.53 bits per heavy atom. The van der Waals surface area contributed by atoms with Crippen molar-refractivity contribution in [2.24, 2.45) is 0 Å². The molecule has 0 aliphatic carbocycles. The maximum absolute atomic E-state index is 5.15. The van der Waals surface area contributed by atoms with Crippen LogP contribution >= 0.6 is 15.9 Å². The molecule has 1 atom stereocenters. The van der Waals surface area contributed by atoms with E-state index in [-0.39, 0.29) is 0 Å². The molecule has 0 amide bonds. The number of hydrogen-bond acceptors (Lipinski definition) is 3. The summed E-state index contributed by atoms with van der Waals surface area (Å²) in [5.41, 5.74) is 1.12. The monoisotopic (exact) mass is 297 g/mol. The van der Waals surface area contributed by atoms with Gasteiger partial charge in [0.15, 0.2) is 0 Å². The molecule has 2 aromatic rings. The highest BCUT2D eigenvalue weighted by atomic mass is 79.9. The minimum absolute atomic E-state index is 0.367. The Balaban J connectivity index is 2.39. The first-order valence-corrected chi connectivity index (χ1v) is 6.54. The lowest BCUT2D eigenvalue weighted by Gasteiger charge is -2.16. The van der Waals surface area contributed by atoms with E-state index in [1.165, 1.54) is 0 Å². The predicted molar refractivity (Wildman–Crippen MR) is 71.0 cm³/mol. The fourth-order valence-corrected chi connectivity index (χ4v) is 2.46. The van der Waals surface area contributed by atoms with E-state index in [4.69, 9.17) is 4.74 Å². The maximum atomic E-state index is 5.15. The SMILES string of the molecule is CCC(CCOC)n1nc(Br)c2cnccc21. The molecule has 0 spiro atoms. The Hall–Kier alpha value is -0.940. The molecule has 0 aromatic carbocycles. The number of methoxy groups -OCH3 is 1. The summed E-state index contributed by atoms with van der Waals surface area (Å²) in [4.78, 5) is 4.13. The number of fused-ring (bicyclic) bond motifs is 1. The lowest BCUT2D eigenvalue weighted by Crippen LogP contribution is -2.12. The van der Waals surface area contributed by atoms with Crippen LogP contribution < -0.4 is 0 Å². The smallest absolute Gasteiger partial charge is 0.137 e. The topological polar surface area (TPSA) is 39.9 Å². The van der Waals surface area contributed by atoms with Gasteiger partial charge < -0.3 is 4.74 Å². The van der Waals surface area contributed by atoms with Crippen molar-refractivity contribution < 1.29 is 4.74 Å². The second-order valence-electron chi connectivity index (χ2n) is 3.97. The van der Waals surface area contributed by atoms with Crippen molar-refractivity contribution in [3.63, 3.8) is 0 Å². The van der Waals surface area contributed by atoms with E-state index in [9.17, 15) is 0 Å². The lowest BCUT2D eigenvalue weighted by molar-refractivity contribution is 0.175. The molecule has 2 heterocycles. The van der Waals surface area contributed by atoms with Crippen LogP contribution in [-0.4, -0.2) is 28.5 Å². The molecule has 5 heteroatoms. The van der Waals surface area contributed by atoms with Crippen LogP contribution in [0, 0.1) is 0 Å². The first-order valence-electron chi connectivity index (χ1n) is 5.74. The molecule has 0 saturated heterocycles. The molecule has 17 heavy (non-hydrogen) atoms. The zero-order valence-electron chi connectivity index (χ0n) is 10.1. The normalized spacial score (nSPS) is 13.1. The fourth-order valence-electron chi connectivity index (χ4n) is 1.98. The number of nitrogens with zero attached hydrogens (tertiary/aromatic N) is 3. The lowest BCUT2D eigenvalue weighted by atomic mass is 10.1. The zero-order chi connectivity index (χ0) is 12.3. The van der Waals surface area contributed by atoms with Crippen molar-refractivity contribution in [3.05, 3.63) is 23.1 Å². The first kappa shape index (κ1) is 12.5. The van der Waals surface area contributed by atoms with E-state index in [2.05, 4.69) is 37.6 Å². The van der Waals surface area contributed by atoms with Crippen LogP contribution in [0.4, 0.5) is 0 Å². The average molecular weight is 298 g/mol. The van der Waals surface area contributed by atoms with Gasteiger partial charge in [-0.3, -0.25) is 9.67 Å². The van der Waals surface area contributed by atoms with Gasteiger partial charge in [-0.25, -0.2) is 0 Å². The summed E-state index contributed by atoms with van der Waals surface area (Å²) in [6, 6.07) is 2.37. The second-order valence-corrected chi connectivity index (χ2v) is 4.72. The summed E-state index contributed by atoms with van der Waals surface area (Å²) < 4.78 is 8.08. The largest absolute Gasteiger partial charge is 0.385 e. The molecule has 4 nitrogen and oxygen atoms in total. The van der Waals surface area contributed by atoms with E-state index in [1.54, 1.807) is 13.3 Å². The number of aromatic nitrogens is 3. The second kappa shape index (κ2) is 5.60. The van der Waals surface area contributed by atoms with Crippen molar-refractivity contribution >= 4 is 26.8 Å². The molecule has 0 radical (unpaired) electrons. The van der Waals surface area contributed by atoms with Gasteiger partial charge in [0.2, 0.25) is 0 Å². The minimum Gasteiger partial charge on any atom is -0.385 e. The van der Waals surface area contributed by atoms with Gasteiger partial charge in [0, 0.05) is 26.1 Å². The maximum Gasteiger partial charge on any atom is 0.137 e. The van der Waals surface area contributed by atoms with Gasteiger partial charge in [0.05, 0.1) is 16.9 Å². The summed E-state index contributed by atoms with van der Waals surface area (Å²) >= 11 is 3.48. The zero-order valence-corrected chi connectivity index (χ0v) is 11.6. The van der Waals surface area contributed by atoms with E-state index in [0.29, 0.717) is 6.04 Å². The first-order chi connectivity index (χ1) is 8.27. The van der Waals surface area contributed by atoms with Crippen molar-refractivity contribution in [2.45, 2.75) is 25.8 Å². The highest BCUT2D eigenvalue weighted by Gasteiger charge is 2.15. The molecule has 1 unspecified atom stereocenters. The molecular weight excluding hydrogens is 282 g/mol. The third-order valence-corrected chi connectivity index (χ3v) is 3.52. The molecule has 92 valence electrons. The summed E-state index contributed by atoms with van der Waals surface area (Å²) in [7, 11) is 1.73. The molecule has 2 aromatic heterocycles. The number of hydrogen-bond donors (Lipinski definition) is 0. The standard InChI is InChI=1S/C12H16BrN3O/c1-3-9(5-7-17-2)16-11-4-6-14-8-10(11)12(13)15-16/h4,6,8-9H,3,5,7H2,1-2H3. The van der Waals surface area contributed by atoms with E-state index >= 15 is 0 Å². The van der Waals surface area contributed by atoms with Gasteiger partial charge in [0.25, 0.3) is 0 Å². The Bertz CT molecular complexity index is 497. The summed E-state index contributed by atoms with van der Waals surface area (Å²) in [6.45, 7) is 2.92. The van der Waals surface area contributed by atoms with Gasteiger partial charge in [-0.15, -0.1) is 0 Å². The Labute approximate surface area is 109 Å². The molecule has 0 bridgehead atoms. The van der Waals surface area contributed by atoms with Gasteiger partial charge in [-0.2, -0.15) is 5.10 Å². The molecule has 0 aliphatic heterocycles. The molecule has 0 fully saturated rings. The number of rotatable bonds is 5. The van der Waals surface area contributed by atoms with E-state index in [1.807, 2.05) is 12.3 Å². The summed E-state index contributed by atoms with van der Waals surface area (Å²) in [5.74, 6) is 0. The van der Waals surface area contributed by atoms with Crippen molar-refractivity contribution in [2.75, 3.05) is 13.7 Å². The highest BCUT2D eigenvalue weighted by molar-refractivity contribution is 9.10.